The van der Waals surface area contributed by atoms with Crippen LogP contribution in [0.3, 0.4) is 0 Å². The maximum Gasteiger partial charge on any atom is 0.307 e. The topological polar surface area (TPSA) is 84.5 Å². The van der Waals surface area contributed by atoms with Gasteiger partial charge in [0.15, 0.2) is 0 Å². The fourth-order valence-electron chi connectivity index (χ4n) is 2.25. The van der Waals surface area contributed by atoms with Crippen molar-refractivity contribution in [3.8, 4) is 5.69 Å². The zero-order chi connectivity index (χ0) is 17.1. The molecule has 24 heavy (non-hydrogen) atoms. The lowest BCUT2D eigenvalue weighted by molar-refractivity contribution is -0.136. The van der Waals surface area contributed by atoms with Crippen molar-refractivity contribution in [1.29, 1.82) is 0 Å². The Bertz CT molecular complexity index is 898. The van der Waals surface area contributed by atoms with E-state index in [4.69, 9.17) is 5.11 Å². The molecule has 0 bridgehead atoms. The number of carbonyl (C=O) groups is 1. The van der Waals surface area contributed by atoms with Gasteiger partial charge in [0.1, 0.15) is 11.2 Å². The molecule has 1 aliphatic rings. The van der Waals surface area contributed by atoms with E-state index in [1.165, 1.54) is 34.9 Å². The predicted molar refractivity (Wildman–Crippen MR) is 93.0 cm³/mol. The quantitative estimate of drug-likeness (QED) is 0.924. The lowest BCUT2D eigenvalue weighted by Crippen LogP contribution is -2.20. The molecule has 0 saturated heterocycles. The monoisotopic (exact) mass is 341 g/mol. The van der Waals surface area contributed by atoms with E-state index in [9.17, 15) is 9.59 Å². The summed E-state index contributed by atoms with van der Waals surface area (Å²) in [5.41, 5.74) is 2.48. The van der Waals surface area contributed by atoms with Gasteiger partial charge < -0.3 is 5.11 Å². The molecule has 0 amide bonds. The molecule has 1 aliphatic heterocycles. The number of fused-ring (bicyclic) bond motifs is 1. The highest BCUT2D eigenvalue weighted by molar-refractivity contribution is 8.14. The lowest BCUT2D eigenvalue weighted by Gasteiger charge is -2.06. The second-order valence-electron chi connectivity index (χ2n) is 5.32. The minimum atomic E-state index is -0.906. The third kappa shape index (κ3) is 3.46. The van der Waals surface area contributed by atoms with Gasteiger partial charge in [-0.1, -0.05) is 35.5 Å². The Hall–Kier alpha value is -2.67. The van der Waals surface area contributed by atoms with E-state index in [1.807, 2.05) is 31.2 Å². The van der Waals surface area contributed by atoms with Crippen LogP contribution in [0, 0.1) is 6.92 Å². The molecule has 6 nitrogen and oxygen atoms in total. The van der Waals surface area contributed by atoms with E-state index in [0.717, 1.165) is 16.3 Å². The van der Waals surface area contributed by atoms with E-state index in [1.54, 1.807) is 0 Å². The van der Waals surface area contributed by atoms with Crippen LogP contribution in [-0.2, 0) is 11.2 Å². The van der Waals surface area contributed by atoms with Gasteiger partial charge in [-0.2, -0.15) is 0 Å². The highest BCUT2D eigenvalue weighted by Gasteiger charge is 2.23. The summed E-state index contributed by atoms with van der Waals surface area (Å²) in [6, 6.07) is 7.66. The van der Waals surface area contributed by atoms with Crippen LogP contribution in [0.25, 0.3) is 5.69 Å². The Morgan fingerprint density at radius 3 is 2.88 bits per heavy atom. The third-order valence-electron chi connectivity index (χ3n) is 3.47. The van der Waals surface area contributed by atoms with Gasteiger partial charge in [0.2, 0.25) is 0 Å². The Balaban J connectivity index is 1.85. The van der Waals surface area contributed by atoms with Crippen LogP contribution in [0.2, 0.25) is 0 Å². The van der Waals surface area contributed by atoms with Crippen molar-refractivity contribution in [2.75, 3.05) is 0 Å². The highest BCUT2D eigenvalue weighted by atomic mass is 32.2. The average molecular weight is 341 g/mol. The molecule has 3 rings (SSSR count). The van der Waals surface area contributed by atoms with Crippen molar-refractivity contribution < 1.29 is 9.90 Å². The molecule has 2 aromatic rings. The fraction of sp³-hybridized carbons (Fsp3) is 0.176. The number of aromatic nitrogens is 2. The van der Waals surface area contributed by atoms with Crippen molar-refractivity contribution in [2.24, 2.45) is 4.99 Å². The van der Waals surface area contributed by atoms with E-state index >= 15 is 0 Å². The molecular formula is C17H15N3O3S. The molecule has 2 heterocycles. The van der Waals surface area contributed by atoms with Crippen LogP contribution in [-0.4, -0.2) is 25.7 Å². The summed E-state index contributed by atoms with van der Waals surface area (Å²) in [6.45, 7) is 1.99. The molecule has 0 saturated carbocycles. The zero-order valence-electron chi connectivity index (χ0n) is 13.0. The molecule has 122 valence electrons. The van der Waals surface area contributed by atoms with Crippen LogP contribution < -0.4 is 5.56 Å². The summed E-state index contributed by atoms with van der Waals surface area (Å²) >= 11 is 1.29. The van der Waals surface area contributed by atoms with E-state index in [2.05, 4.69) is 9.98 Å². The van der Waals surface area contributed by atoms with Gasteiger partial charge in [0, 0.05) is 12.6 Å². The number of nitrogens with zero attached hydrogens (tertiary/aromatic N) is 3. The lowest BCUT2D eigenvalue weighted by atomic mass is 10.2. The van der Waals surface area contributed by atoms with Gasteiger partial charge in [0.05, 0.1) is 22.8 Å². The molecule has 1 N–H and O–H groups in total. The first kappa shape index (κ1) is 16.2. The second kappa shape index (κ2) is 6.84. The second-order valence-corrected chi connectivity index (χ2v) is 6.40. The number of hydrogen-bond donors (Lipinski definition) is 1. The van der Waals surface area contributed by atoms with Gasteiger partial charge in [0.25, 0.3) is 5.56 Å². The summed E-state index contributed by atoms with van der Waals surface area (Å²) in [7, 11) is 0. The Kier molecular flexibility index (Phi) is 4.61. The standard InChI is InChI=1S/C17H15N3O3S/c1-11-4-6-12(7-5-11)20-10-19-13-9-14(24-16(13)17(20)23)18-8-2-3-15(21)22/h2,4-8,10H,3,9H2,1H3,(H,21,22)/b8-2-,18-14+. The molecule has 7 heteroatoms. The van der Waals surface area contributed by atoms with Gasteiger partial charge in [-0.25, -0.2) is 4.98 Å². The van der Waals surface area contributed by atoms with Gasteiger partial charge in [-0.3, -0.25) is 19.1 Å². The largest absolute Gasteiger partial charge is 0.481 e. The number of aryl methyl sites for hydroxylation is 1. The number of hydrogen-bond acceptors (Lipinski definition) is 5. The first-order valence-electron chi connectivity index (χ1n) is 7.33. The molecule has 0 unspecified atom stereocenters. The Morgan fingerprint density at radius 2 is 2.17 bits per heavy atom. The van der Waals surface area contributed by atoms with Gasteiger partial charge in [-0.05, 0) is 19.1 Å². The van der Waals surface area contributed by atoms with Crippen LogP contribution in [0.5, 0.6) is 0 Å². The minimum Gasteiger partial charge on any atom is -0.481 e. The first-order chi connectivity index (χ1) is 11.5. The first-order valence-corrected chi connectivity index (χ1v) is 8.15. The predicted octanol–water partition coefficient (Wildman–Crippen LogP) is 2.58. The molecule has 0 radical (unpaired) electrons. The van der Waals surface area contributed by atoms with Gasteiger partial charge >= 0.3 is 5.97 Å². The molecule has 0 atom stereocenters. The number of carboxylic acid groups (broad SMARTS) is 1. The molecular weight excluding hydrogens is 326 g/mol. The summed E-state index contributed by atoms with van der Waals surface area (Å²) in [5, 5.41) is 9.31. The Labute approximate surface area is 142 Å². The summed E-state index contributed by atoms with van der Waals surface area (Å²) in [4.78, 5) is 32.3. The van der Waals surface area contributed by atoms with Crippen molar-refractivity contribution in [3.63, 3.8) is 0 Å². The minimum absolute atomic E-state index is 0.0765. The van der Waals surface area contributed by atoms with Crippen LogP contribution in [0.4, 0.5) is 0 Å². The third-order valence-corrected chi connectivity index (χ3v) is 4.57. The van der Waals surface area contributed by atoms with E-state index in [0.29, 0.717) is 17.0 Å². The molecule has 0 aliphatic carbocycles. The van der Waals surface area contributed by atoms with Gasteiger partial charge in [-0.15, -0.1) is 0 Å². The normalized spacial score (nSPS) is 15.1. The average Bonchev–Trinajstić information content (AvgIpc) is 2.97. The van der Waals surface area contributed by atoms with Crippen LogP contribution >= 0.6 is 11.8 Å². The van der Waals surface area contributed by atoms with Crippen molar-refractivity contribution in [3.05, 3.63) is 64.5 Å². The summed E-state index contributed by atoms with van der Waals surface area (Å²) in [6.07, 6.45) is 4.88. The molecule has 1 aromatic heterocycles. The SMILES string of the molecule is Cc1ccc(-n2cnc3c(c2=O)S/C(=N/C=C\CC(=O)O)C3)cc1. The number of aliphatic carboxylic acids is 1. The maximum absolute atomic E-state index is 12.7. The summed E-state index contributed by atoms with van der Waals surface area (Å²) in [5.74, 6) is -0.906. The van der Waals surface area contributed by atoms with Crippen molar-refractivity contribution in [2.45, 2.75) is 24.7 Å². The molecule has 1 aromatic carbocycles. The zero-order valence-corrected chi connectivity index (χ0v) is 13.8. The number of aliphatic imine (C=N–C) groups is 1. The van der Waals surface area contributed by atoms with Crippen molar-refractivity contribution in [1.82, 2.24) is 9.55 Å². The summed E-state index contributed by atoms with van der Waals surface area (Å²) < 4.78 is 1.52. The maximum atomic E-state index is 12.7. The molecule has 0 fully saturated rings. The number of carboxylic acids is 1. The smallest absolute Gasteiger partial charge is 0.307 e. The van der Waals surface area contributed by atoms with Crippen LogP contribution in [0.15, 0.2) is 57.6 Å². The van der Waals surface area contributed by atoms with E-state index < -0.39 is 5.97 Å². The number of rotatable bonds is 4. The number of thioether (sulfide) groups is 1. The van der Waals surface area contributed by atoms with E-state index in [-0.39, 0.29) is 12.0 Å². The fourth-order valence-corrected chi connectivity index (χ4v) is 3.23. The van der Waals surface area contributed by atoms with Crippen molar-refractivity contribution >= 4 is 22.8 Å². The number of benzene rings is 1. The molecule has 0 spiro atoms. The highest BCUT2D eigenvalue weighted by Crippen LogP contribution is 2.29. The Morgan fingerprint density at radius 1 is 1.42 bits per heavy atom. The van der Waals surface area contributed by atoms with Crippen LogP contribution in [0.1, 0.15) is 17.7 Å².